The minimum atomic E-state index is -0.500. The van der Waals surface area contributed by atoms with Crippen LogP contribution in [0.15, 0.2) is 29.3 Å². The molecule has 8 heteroatoms. The topological polar surface area (TPSA) is 100 Å². The van der Waals surface area contributed by atoms with Gasteiger partial charge in [0.25, 0.3) is 0 Å². The van der Waals surface area contributed by atoms with E-state index in [0.29, 0.717) is 38.7 Å². The number of hydrogen-bond donors (Lipinski definition) is 2. The van der Waals surface area contributed by atoms with Gasteiger partial charge in [-0.05, 0) is 38.5 Å². The van der Waals surface area contributed by atoms with Gasteiger partial charge in [0.2, 0.25) is 5.91 Å². The summed E-state index contributed by atoms with van der Waals surface area (Å²) in [4.78, 5) is 31.3. The van der Waals surface area contributed by atoms with Crippen molar-refractivity contribution in [1.29, 1.82) is 0 Å². The maximum absolute atomic E-state index is 12.1. The van der Waals surface area contributed by atoms with E-state index in [0.717, 1.165) is 11.3 Å². The quantitative estimate of drug-likeness (QED) is 0.622. The van der Waals surface area contributed by atoms with Crippen molar-refractivity contribution in [3.05, 3.63) is 29.8 Å². The number of nitrogens with two attached hydrogens (primary N) is 1. The number of rotatable bonds is 3. The number of ether oxygens (including phenoxy) is 1. The van der Waals surface area contributed by atoms with Gasteiger partial charge in [-0.1, -0.05) is 12.1 Å². The number of amides is 2. The molecule has 1 heterocycles. The minimum Gasteiger partial charge on any atom is -0.444 e. The molecule has 1 aliphatic rings. The summed E-state index contributed by atoms with van der Waals surface area (Å²) in [6, 6.07) is 7.50. The van der Waals surface area contributed by atoms with Crippen molar-refractivity contribution in [2.45, 2.75) is 39.8 Å². The molecule has 1 aromatic rings. The summed E-state index contributed by atoms with van der Waals surface area (Å²) in [5, 5.41) is 2.75. The lowest BCUT2D eigenvalue weighted by atomic mass is 10.2. The Morgan fingerprint density at radius 2 is 1.81 bits per heavy atom. The van der Waals surface area contributed by atoms with Crippen LogP contribution in [0, 0.1) is 0 Å². The summed E-state index contributed by atoms with van der Waals surface area (Å²) in [7, 11) is 0. The van der Waals surface area contributed by atoms with E-state index in [9.17, 15) is 9.59 Å². The molecule has 0 unspecified atom stereocenters. The zero-order valence-electron chi connectivity index (χ0n) is 16.5. The monoisotopic (exact) mass is 375 g/mol. The third kappa shape index (κ3) is 6.80. The second-order valence-corrected chi connectivity index (χ2v) is 7.51. The Kier molecular flexibility index (Phi) is 6.65. The third-order valence-electron chi connectivity index (χ3n) is 3.93. The average molecular weight is 375 g/mol. The van der Waals surface area contributed by atoms with Crippen molar-refractivity contribution in [2.75, 3.05) is 31.5 Å². The number of benzene rings is 1. The smallest absolute Gasteiger partial charge is 0.410 e. The molecular weight excluding hydrogens is 346 g/mol. The van der Waals surface area contributed by atoms with E-state index in [1.807, 2.05) is 49.9 Å². The van der Waals surface area contributed by atoms with Gasteiger partial charge in [-0.3, -0.25) is 4.79 Å². The van der Waals surface area contributed by atoms with Crippen LogP contribution in [0.4, 0.5) is 10.5 Å². The Morgan fingerprint density at radius 3 is 2.41 bits per heavy atom. The van der Waals surface area contributed by atoms with Gasteiger partial charge in [0, 0.05) is 38.8 Å². The number of piperazine rings is 1. The minimum absolute atomic E-state index is 0.113. The van der Waals surface area contributed by atoms with Crippen LogP contribution in [0.25, 0.3) is 0 Å². The normalized spacial score (nSPS) is 15.5. The highest BCUT2D eigenvalue weighted by Gasteiger charge is 2.26. The third-order valence-corrected chi connectivity index (χ3v) is 3.93. The summed E-state index contributed by atoms with van der Waals surface area (Å²) in [6.45, 7) is 9.77. The number of nitrogens with one attached hydrogen (secondary N) is 1. The molecule has 1 fully saturated rings. The average Bonchev–Trinajstić information content (AvgIpc) is 2.58. The van der Waals surface area contributed by atoms with E-state index >= 15 is 0 Å². The van der Waals surface area contributed by atoms with Gasteiger partial charge in [0.05, 0.1) is 6.54 Å². The molecule has 8 nitrogen and oxygen atoms in total. The Hall–Kier alpha value is -2.77. The number of hydrogen-bond acceptors (Lipinski definition) is 4. The van der Waals surface area contributed by atoms with Gasteiger partial charge in [-0.2, -0.15) is 0 Å². The molecule has 1 saturated heterocycles. The lowest BCUT2D eigenvalue weighted by molar-refractivity contribution is -0.114. The number of aliphatic imine (C=N–C) groups is 1. The maximum atomic E-state index is 12.1. The number of carbonyl (C=O) groups excluding carboxylic acids is 2. The summed E-state index contributed by atoms with van der Waals surface area (Å²) in [5.41, 5.74) is 7.30. The standard InChI is InChI=1S/C19H29N5O3/c1-14(25)22-16-7-5-6-15(12-16)13-21-17(20)23-8-10-24(11-9-23)18(26)27-19(2,3)4/h5-7,12H,8-11,13H2,1-4H3,(H2,20,21)(H,22,25). The number of carbonyl (C=O) groups is 2. The molecule has 0 aliphatic carbocycles. The van der Waals surface area contributed by atoms with Crippen molar-refractivity contribution >= 4 is 23.6 Å². The van der Waals surface area contributed by atoms with E-state index in [1.165, 1.54) is 6.92 Å². The fourth-order valence-corrected chi connectivity index (χ4v) is 2.67. The van der Waals surface area contributed by atoms with Crippen LogP contribution in [0.3, 0.4) is 0 Å². The molecule has 3 N–H and O–H groups in total. The first kappa shape index (κ1) is 20.5. The summed E-state index contributed by atoms with van der Waals surface area (Å²) < 4.78 is 5.39. The van der Waals surface area contributed by atoms with E-state index in [4.69, 9.17) is 10.5 Å². The highest BCUT2D eigenvalue weighted by molar-refractivity contribution is 5.88. The molecule has 27 heavy (non-hydrogen) atoms. The van der Waals surface area contributed by atoms with Crippen LogP contribution in [0.1, 0.15) is 33.3 Å². The van der Waals surface area contributed by atoms with Crippen LogP contribution in [0.5, 0.6) is 0 Å². The van der Waals surface area contributed by atoms with Crippen LogP contribution in [-0.2, 0) is 16.1 Å². The molecule has 1 aromatic carbocycles. The lowest BCUT2D eigenvalue weighted by Crippen LogP contribution is -2.53. The Labute approximate surface area is 160 Å². The molecule has 0 atom stereocenters. The first-order chi connectivity index (χ1) is 12.6. The van der Waals surface area contributed by atoms with Gasteiger partial charge in [-0.25, -0.2) is 9.79 Å². The van der Waals surface area contributed by atoms with Crippen molar-refractivity contribution in [1.82, 2.24) is 9.80 Å². The SMILES string of the molecule is CC(=O)Nc1cccc(CN=C(N)N2CCN(C(=O)OC(C)(C)C)CC2)c1. The Balaban J connectivity index is 1.87. The van der Waals surface area contributed by atoms with E-state index in [2.05, 4.69) is 10.3 Å². The van der Waals surface area contributed by atoms with Crippen LogP contribution in [0.2, 0.25) is 0 Å². The van der Waals surface area contributed by atoms with Gasteiger partial charge < -0.3 is 25.6 Å². The molecule has 1 aliphatic heterocycles. The van der Waals surface area contributed by atoms with E-state index < -0.39 is 5.60 Å². The lowest BCUT2D eigenvalue weighted by Gasteiger charge is -2.36. The maximum Gasteiger partial charge on any atom is 0.410 e. The van der Waals surface area contributed by atoms with Gasteiger partial charge in [0.15, 0.2) is 5.96 Å². The molecule has 2 rings (SSSR count). The highest BCUT2D eigenvalue weighted by atomic mass is 16.6. The molecule has 0 saturated carbocycles. The number of anilines is 1. The fourth-order valence-electron chi connectivity index (χ4n) is 2.67. The van der Waals surface area contributed by atoms with Gasteiger partial charge in [-0.15, -0.1) is 0 Å². The number of nitrogens with zero attached hydrogens (tertiary/aromatic N) is 3. The molecule has 0 radical (unpaired) electrons. The van der Waals surface area contributed by atoms with Gasteiger partial charge >= 0.3 is 6.09 Å². The van der Waals surface area contributed by atoms with Crippen molar-refractivity contribution < 1.29 is 14.3 Å². The van der Waals surface area contributed by atoms with Crippen molar-refractivity contribution in [3.8, 4) is 0 Å². The van der Waals surface area contributed by atoms with Crippen LogP contribution < -0.4 is 11.1 Å². The predicted octanol–water partition coefficient (Wildman–Crippen LogP) is 2.01. The Bertz CT molecular complexity index is 704. The first-order valence-corrected chi connectivity index (χ1v) is 9.03. The van der Waals surface area contributed by atoms with Crippen LogP contribution >= 0.6 is 0 Å². The van der Waals surface area contributed by atoms with Crippen LogP contribution in [-0.4, -0.2) is 59.5 Å². The fraction of sp³-hybridized carbons (Fsp3) is 0.526. The summed E-state index contributed by atoms with van der Waals surface area (Å²) in [6.07, 6.45) is -0.299. The molecular formula is C19H29N5O3. The second kappa shape index (κ2) is 8.75. The number of guanidine groups is 1. The summed E-state index contributed by atoms with van der Waals surface area (Å²) in [5.74, 6) is 0.335. The highest BCUT2D eigenvalue weighted by Crippen LogP contribution is 2.13. The van der Waals surface area contributed by atoms with Gasteiger partial charge in [0.1, 0.15) is 5.60 Å². The van der Waals surface area contributed by atoms with E-state index in [1.54, 1.807) is 4.90 Å². The van der Waals surface area contributed by atoms with Crippen molar-refractivity contribution in [2.24, 2.45) is 10.7 Å². The van der Waals surface area contributed by atoms with Crippen molar-refractivity contribution in [3.63, 3.8) is 0 Å². The molecule has 148 valence electrons. The second-order valence-electron chi connectivity index (χ2n) is 7.51. The molecule has 0 spiro atoms. The predicted molar refractivity (Wildman–Crippen MR) is 105 cm³/mol. The zero-order valence-corrected chi connectivity index (χ0v) is 16.5. The molecule has 0 bridgehead atoms. The molecule has 0 aromatic heterocycles. The largest absolute Gasteiger partial charge is 0.444 e. The first-order valence-electron chi connectivity index (χ1n) is 9.03. The summed E-state index contributed by atoms with van der Waals surface area (Å²) >= 11 is 0. The Morgan fingerprint density at radius 1 is 1.19 bits per heavy atom. The zero-order chi connectivity index (χ0) is 20.0. The molecule has 2 amide bonds. The van der Waals surface area contributed by atoms with E-state index in [-0.39, 0.29) is 12.0 Å².